The molecule has 8 nitrogen and oxygen atoms in total. The fourth-order valence-electron chi connectivity index (χ4n) is 2.61. The lowest BCUT2D eigenvalue weighted by Crippen LogP contribution is -1.95. The highest BCUT2D eigenvalue weighted by Gasteiger charge is 2.15. The van der Waals surface area contributed by atoms with Crippen molar-refractivity contribution >= 4 is 5.69 Å². The molecule has 4 rings (SSSR count). The largest absolute Gasteiger partial charge is 0.485 e. The Kier molecular flexibility index (Phi) is 4.59. The summed E-state index contributed by atoms with van der Waals surface area (Å²) in [6.07, 6.45) is 0. The molecule has 140 valence electrons. The van der Waals surface area contributed by atoms with E-state index in [0.29, 0.717) is 22.9 Å². The van der Waals surface area contributed by atoms with Crippen LogP contribution in [0.15, 0.2) is 69.6 Å². The molecule has 2 aromatic carbocycles. The van der Waals surface area contributed by atoms with Crippen molar-refractivity contribution in [3.05, 3.63) is 82.1 Å². The van der Waals surface area contributed by atoms with E-state index in [1.807, 2.05) is 31.2 Å². The molecule has 0 aliphatic heterocycles. The van der Waals surface area contributed by atoms with Gasteiger partial charge in [0, 0.05) is 17.7 Å². The van der Waals surface area contributed by atoms with E-state index in [1.54, 1.807) is 24.3 Å². The Morgan fingerprint density at radius 2 is 1.86 bits per heavy atom. The van der Waals surface area contributed by atoms with Gasteiger partial charge in [0.2, 0.25) is 5.82 Å². The van der Waals surface area contributed by atoms with Crippen molar-refractivity contribution in [3.8, 4) is 28.8 Å². The van der Waals surface area contributed by atoms with Crippen LogP contribution in [0.1, 0.15) is 11.3 Å². The molecule has 0 saturated heterocycles. The van der Waals surface area contributed by atoms with Crippen LogP contribution in [-0.4, -0.2) is 15.1 Å². The van der Waals surface area contributed by atoms with Crippen LogP contribution in [0.25, 0.3) is 23.0 Å². The topological polar surface area (TPSA) is 104 Å². The number of nitrogens with zero attached hydrogens (tertiary/aromatic N) is 3. The smallest absolute Gasteiger partial charge is 0.293 e. The van der Waals surface area contributed by atoms with Crippen LogP contribution in [0, 0.1) is 17.0 Å². The Labute approximate surface area is 159 Å². The van der Waals surface area contributed by atoms with Crippen LogP contribution in [0.4, 0.5) is 5.69 Å². The second kappa shape index (κ2) is 7.36. The molecular formula is C20H15N3O5. The van der Waals surface area contributed by atoms with Gasteiger partial charge in [-0.25, -0.2) is 0 Å². The zero-order valence-electron chi connectivity index (χ0n) is 14.9. The van der Waals surface area contributed by atoms with E-state index in [-0.39, 0.29) is 18.2 Å². The first kappa shape index (κ1) is 17.5. The van der Waals surface area contributed by atoms with Gasteiger partial charge in [0.15, 0.2) is 5.76 Å². The van der Waals surface area contributed by atoms with E-state index in [4.69, 9.17) is 13.7 Å². The maximum atomic E-state index is 10.7. The molecular weight excluding hydrogens is 362 g/mol. The third-order valence-corrected chi connectivity index (χ3v) is 4.10. The molecule has 0 bridgehead atoms. The maximum Gasteiger partial charge on any atom is 0.293 e. The third kappa shape index (κ3) is 3.61. The monoisotopic (exact) mass is 377 g/mol. The summed E-state index contributed by atoms with van der Waals surface area (Å²) >= 11 is 0. The van der Waals surface area contributed by atoms with Crippen LogP contribution in [0.2, 0.25) is 0 Å². The van der Waals surface area contributed by atoms with Crippen LogP contribution in [0.3, 0.4) is 0 Å². The number of non-ortho nitro benzene ring substituents is 1. The number of benzene rings is 2. The summed E-state index contributed by atoms with van der Waals surface area (Å²) in [5, 5.41) is 14.6. The minimum absolute atomic E-state index is 0.00297. The van der Waals surface area contributed by atoms with E-state index in [2.05, 4.69) is 10.1 Å². The van der Waals surface area contributed by atoms with Crippen LogP contribution in [0.5, 0.6) is 5.75 Å². The van der Waals surface area contributed by atoms with E-state index < -0.39 is 4.92 Å². The number of hydrogen-bond donors (Lipinski definition) is 0. The molecule has 0 saturated carbocycles. The molecule has 2 heterocycles. The molecule has 8 heteroatoms. The van der Waals surface area contributed by atoms with Crippen molar-refractivity contribution in [2.45, 2.75) is 13.5 Å². The molecule has 0 fully saturated rings. The molecule has 0 aliphatic rings. The molecule has 0 amide bonds. The lowest BCUT2D eigenvalue weighted by atomic mass is 10.2. The molecule has 28 heavy (non-hydrogen) atoms. The van der Waals surface area contributed by atoms with Gasteiger partial charge in [0.1, 0.15) is 18.1 Å². The quantitative estimate of drug-likeness (QED) is 0.351. The average Bonchev–Trinajstić information content (AvgIpc) is 3.37. The minimum Gasteiger partial charge on any atom is -0.485 e. The zero-order valence-corrected chi connectivity index (χ0v) is 14.9. The molecule has 0 radical (unpaired) electrons. The number of nitro benzene ring substituents is 1. The highest BCUT2D eigenvalue weighted by atomic mass is 16.6. The summed E-state index contributed by atoms with van der Waals surface area (Å²) in [6.45, 7) is 2.25. The van der Waals surface area contributed by atoms with E-state index in [0.717, 1.165) is 11.3 Å². The SMILES string of the molecule is Cc1ccccc1OCc1ccc(-c2nc(-c3ccc([N+](=O)[O-])cc3)no2)o1. The highest BCUT2D eigenvalue weighted by Crippen LogP contribution is 2.26. The lowest BCUT2D eigenvalue weighted by molar-refractivity contribution is -0.384. The summed E-state index contributed by atoms with van der Waals surface area (Å²) in [5.41, 5.74) is 1.64. The van der Waals surface area contributed by atoms with Crippen molar-refractivity contribution < 1.29 is 18.6 Å². The number of furan rings is 1. The summed E-state index contributed by atoms with van der Waals surface area (Å²) in [6, 6.07) is 17.1. The molecule has 4 aromatic rings. The number of nitro groups is 1. The standard InChI is InChI=1S/C20H15N3O5/c1-13-4-2-3-5-17(13)26-12-16-10-11-18(27-16)20-21-19(22-28-20)14-6-8-15(9-7-14)23(24)25/h2-11H,12H2,1H3. The van der Waals surface area contributed by atoms with E-state index in [1.165, 1.54) is 12.1 Å². The normalized spacial score (nSPS) is 10.8. The van der Waals surface area contributed by atoms with Crippen LogP contribution in [-0.2, 0) is 6.61 Å². The molecule has 0 atom stereocenters. The molecule has 0 aliphatic carbocycles. The summed E-state index contributed by atoms with van der Waals surface area (Å²) in [7, 11) is 0. The van der Waals surface area contributed by atoms with Gasteiger partial charge in [0.05, 0.1) is 4.92 Å². The Morgan fingerprint density at radius 1 is 1.07 bits per heavy atom. The Bertz CT molecular complexity index is 1110. The average molecular weight is 377 g/mol. The van der Waals surface area contributed by atoms with Gasteiger partial charge in [-0.05, 0) is 42.8 Å². The number of aryl methyl sites for hydroxylation is 1. The van der Waals surface area contributed by atoms with E-state index >= 15 is 0 Å². The second-order valence-corrected chi connectivity index (χ2v) is 6.05. The summed E-state index contributed by atoms with van der Waals surface area (Å²) < 4.78 is 16.7. The fourth-order valence-corrected chi connectivity index (χ4v) is 2.61. The first-order valence-corrected chi connectivity index (χ1v) is 8.46. The summed E-state index contributed by atoms with van der Waals surface area (Å²) in [4.78, 5) is 14.6. The van der Waals surface area contributed by atoms with Crippen molar-refractivity contribution in [1.29, 1.82) is 0 Å². The Balaban J connectivity index is 1.47. The van der Waals surface area contributed by atoms with Crippen LogP contribution >= 0.6 is 0 Å². The zero-order chi connectivity index (χ0) is 19.5. The van der Waals surface area contributed by atoms with Gasteiger partial charge < -0.3 is 13.7 Å². The maximum absolute atomic E-state index is 10.7. The van der Waals surface area contributed by atoms with Gasteiger partial charge in [-0.3, -0.25) is 10.1 Å². The first-order chi connectivity index (χ1) is 13.6. The lowest BCUT2D eigenvalue weighted by Gasteiger charge is -2.06. The molecule has 2 aromatic heterocycles. The second-order valence-electron chi connectivity index (χ2n) is 6.05. The predicted octanol–water partition coefficient (Wildman–Crippen LogP) is 4.79. The first-order valence-electron chi connectivity index (χ1n) is 8.46. The van der Waals surface area contributed by atoms with Crippen molar-refractivity contribution in [2.75, 3.05) is 0 Å². The van der Waals surface area contributed by atoms with E-state index in [9.17, 15) is 10.1 Å². The summed E-state index contributed by atoms with van der Waals surface area (Å²) in [5.74, 6) is 2.37. The van der Waals surface area contributed by atoms with Crippen molar-refractivity contribution in [2.24, 2.45) is 0 Å². The number of hydrogen-bond acceptors (Lipinski definition) is 7. The Morgan fingerprint density at radius 3 is 2.61 bits per heavy atom. The molecule has 0 spiro atoms. The number of aromatic nitrogens is 2. The Hall–Kier alpha value is -3.94. The molecule has 0 unspecified atom stereocenters. The van der Waals surface area contributed by atoms with Crippen LogP contribution < -0.4 is 4.74 Å². The fraction of sp³-hybridized carbons (Fsp3) is 0.100. The number of ether oxygens (including phenoxy) is 1. The van der Waals surface area contributed by atoms with Gasteiger partial charge in [-0.15, -0.1) is 0 Å². The highest BCUT2D eigenvalue weighted by molar-refractivity contribution is 5.59. The van der Waals surface area contributed by atoms with Crippen molar-refractivity contribution in [1.82, 2.24) is 10.1 Å². The molecule has 0 N–H and O–H groups in total. The number of para-hydroxylation sites is 1. The van der Waals surface area contributed by atoms with Gasteiger partial charge in [-0.2, -0.15) is 4.98 Å². The minimum atomic E-state index is -0.463. The van der Waals surface area contributed by atoms with Gasteiger partial charge in [0.25, 0.3) is 11.6 Å². The number of rotatable bonds is 6. The van der Waals surface area contributed by atoms with Gasteiger partial charge in [-0.1, -0.05) is 23.4 Å². The predicted molar refractivity (Wildman–Crippen MR) is 99.6 cm³/mol. The van der Waals surface area contributed by atoms with Gasteiger partial charge >= 0.3 is 0 Å². The third-order valence-electron chi connectivity index (χ3n) is 4.10. The van der Waals surface area contributed by atoms with Crippen molar-refractivity contribution in [3.63, 3.8) is 0 Å².